The first-order valence-corrected chi connectivity index (χ1v) is 6.49. The molecule has 0 aromatic carbocycles. The normalized spacial score (nSPS) is 22.8. The first kappa shape index (κ1) is 14.8. The van der Waals surface area contributed by atoms with E-state index in [0.717, 1.165) is 13.0 Å². The molecule has 1 aliphatic heterocycles. The molecule has 0 radical (unpaired) electrons. The van der Waals surface area contributed by atoms with Crippen LogP contribution in [0, 0.1) is 0 Å². The van der Waals surface area contributed by atoms with E-state index in [2.05, 4.69) is 5.32 Å². The van der Waals surface area contributed by atoms with Crippen molar-refractivity contribution < 1.29 is 19.4 Å². The minimum Gasteiger partial charge on any atom is -0.479 e. The van der Waals surface area contributed by atoms with Gasteiger partial charge in [-0.1, -0.05) is 6.92 Å². The highest BCUT2D eigenvalue weighted by molar-refractivity contribution is 5.74. The third-order valence-electron chi connectivity index (χ3n) is 3.03. The minimum absolute atomic E-state index is 0.110. The molecule has 0 aliphatic carbocycles. The first-order valence-electron chi connectivity index (χ1n) is 6.49. The van der Waals surface area contributed by atoms with E-state index < -0.39 is 12.1 Å². The summed E-state index contributed by atoms with van der Waals surface area (Å²) in [5, 5.41) is 11.6. The fourth-order valence-corrected chi connectivity index (χ4v) is 2.02. The molecule has 2 N–H and O–H groups in total. The number of carbonyl (C=O) groups excluding carboxylic acids is 1. The zero-order valence-corrected chi connectivity index (χ0v) is 11.0. The van der Waals surface area contributed by atoms with Crippen molar-refractivity contribution in [2.45, 2.75) is 45.3 Å². The molecule has 104 valence electrons. The molecule has 18 heavy (non-hydrogen) atoms. The van der Waals surface area contributed by atoms with Crippen molar-refractivity contribution in [3.05, 3.63) is 0 Å². The predicted octanol–water partition coefficient (Wildman–Crippen LogP) is 1.06. The van der Waals surface area contributed by atoms with Crippen LogP contribution in [0.4, 0.5) is 4.79 Å². The molecule has 0 aromatic rings. The molecule has 2 amide bonds. The van der Waals surface area contributed by atoms with Gasteiger partial charge >= 0.3 is 12.0 Å². The highest BCUT2D eigenvalue weighted by Crippen LogP contribution is 2.19. The van der Waals surface area contributed by atoms with E-state index in [1.165, 1.54) is 0 Å². The minimum atomic E-state index is -0.926. The lowest BCUT2D eigenvalue weighted by molar-refractivity contribution is -0.149. The number of ether oxygens (including phenoxy) is 1. The quantitative estimate of drug-likeness (QED) is 0.746. The number of amides is 2. The Bertz CT molecular complexity index is 296. The Labute approximate surface area is 107 Å². The Morgan fingerprint density at radius 1 is 1.39 bits per heavy atom. The summed E-state index contributed by atoms with van der Waals surface area (Å²) >= 11 is 0. The Hall–Kier alpha value is -1.30. The summed E-state index contributed by atoms with van der Waals surface area (Å²) in [5.74, 6) is -0.926. The lowest BCUT2D eigenvalue weighted by Crippen LogP contribution is -2.43. The van der Waals surface area contributed by atoms with Crippen LogP contribution in [0.15, 0.2) is 0 Å². The highest BCUT2D eigenvalue weighted by atomic mass is 16.5. The van der Waals surface area contributed by atoms with Crippen LogP contribution in [0.3, 0.4) is 0 Å². The molecule has 6 nitrogen and oxygen atoms in total. The maximum atomic E-state index is 11.8. The second kappa shape index (κ2) is 7.20. The summed E-state index contributed by atoms with van der Waals surface area (Å²) in [5.41, 5.74) is 0. The number of aliphatic carboxylic acids is 1. The van der Waals surface area contributed by atoms with Crippen LogP contribution in [0.2, 0.25) is 0 Å². The zero-order chi connectivity index (χ0) is 13.5. The fraction of sp³-hybridized carbons (Fsp3) is 0.833. The Balaban J connectivity index is 2.28. The standard InChI is InChI=1S/C12H22N2O4/c1-3-7-14(4-2)12(17)13-8-9-5-6-10(18-9)11(15)16/h9-10H,3-8H2,1-2H3,(H,13,17)(H,15,16). The summed E-state index contributed by atoms with van der Waals surface area (Å²) in [6, 6.07) is -0.110. The molecule has 2 unspecified atom stereocenters. The maximum absolute atomic E-state index is 11.8. The lowest BCUT2D eigenvalue weighted by Gasteiger charge is -2.21. The van der Waals surface area contributed by atoms with Crippen LogP contribution in [0.5, 0.6) is 0 Å². The van der Waals surface area contributed by atoms with E-state index in [9.17, 15) is 9.59 Å². The average molecular weight is 258 g/mol. The van der Waals surface area contributed by atoms with Crippen LogP contribution >= 0.6 is 0 Å². The van der Waals surface area contributed by atoms with Crippen LogP contribution < -0.4 is 5.32 Å². The fourth-order valence-electron chi connectivity index (χ4n) is 2.02. The summed E-state index contributed by atoms with van der Waals surface area (Å²) in [6.45, 7) is 5.73. The molecule has 0 bridgehead atoms. The monoisotopic (exact) mass is 258 g/mol. The Morgan fingerprint density at radius 3 is 2.61 bits per heavy atom. The maximum Gasteiger partial charge on any atom is 0.332 e. The van der Waals surface area contributed by atoms with E-state index in [4.69, 9.17) is 9.84 Å². The number of hydrogen-bond acceptors (Lipinski definition) is 3. The van der Waals surface area contributed by atoms with Crippen LogP contribution in [-0.2, 0) is 9.53 Å². The van der Waals surface area contributed by atoms with E-state index in [1.807, 2.05) is 13.8 Å². The summed E-state index contributed by atoms with van der Waals surface area (Å²) < 4.78 is 5.31. The number of hydrogen-bond donors (Lipinski definition) is 2. The van der Waals surface area contributed by atoms with Gasteiger partial charge in [0.05, 0.1) is 6.10 Å². The van der Waals surface area contributed by atoms with E-state index >= 15 is 0 Å². The molecule has 0 aromatic heterocycles. The predicted molar refractivity (Wildman–Crippen MR) is 66.5 cm³/mol. The molecular formula is C12H22N2O4. The molecular weight excluding hydrogens is 236 g/mol. The summed E-state index contributed by atoms with van der Waals surface area (Å²) in [4.78, 5) is 24.2. The SMILES string of the molecule is CCCN(CC)C(=O)NCC1CCC(C(=O)O)O1. The van der Waals surface area contributed by atoms with Crippen molar-refractivity contribution in [3.63, 3.8) is 0 Å². The van der Waals surface area contributed by atoms with Gasteiger partial charge in [-0.25, -0.2) is 9.59 Å². The molecule has 0 saturated carbocycles. The van der Waals surface area contributed by atoms with Crippen molar-refractivity contribution in [1.82, 2.24) is 10.2 Å². The molecule has 1 heterocycles. The van der Waals surface area contributed by atoms with Crippen molar-refractivity contribution in [2.24, 2.45) is 0 Å². The molecule has 2 atom stereocenters. The molecule has 1 rings (SSSR count). The largest absolute Gasteiger partial charge is 0.479 e. The van der Waals surface area contributed by atoms with Crippen molar-refractivity contribution in [1.29, 1.82) is 0 Å². The van der Waals surface area contributed by atoms with Crippen molar-refractivity contribution in [2.75, 3.05) is 19.6 Å². The highest BCUT2D eigenvalue weighted by Gasteiger charge is 2.30. The van der Waals surface area contributed by atoms with Gasteiger partial charge in [0.1, 0.15) is 0 Å². The van der Waals surface area contributed by atoms with Crippen LogP contribution in [-0.4, -0.2) is 53.8 Å². The van der Waals surface area contributed by atoms with Gasteiger partial charge in [0.2, 0.25) is 0 Å². The van der Waals surface area contributed by atoms with Gasteiger partial charge < -0.3 is 20.1 Å². The van der Waals surface area contributed by atoms with Gasteiger partial charge in [0.15, 0.2) is 6.10 Å². The molecule has 0 spiro atoms. The Morgan fingerprint density at radius 2 is 2.11 bits per heavy atom. The topological polar surface area (TPSA) is 78.9 Å². The number of carboxylic acids is 1. The second-order valence-electron chi connectivity index (χ2n) is 4.43. The zero-order valence-electron chi connectivity index (χ0n) is 11.0. The third-order valence-corrected chi connectivity index (χ3v) is 3.03. The van der Waals surface area contributed by atoms with Gasteiger partial charge in [0.25, 0.3) is 0 Å². The average Bonchev–Trinajstić information content (AvgIpc) is 2.82. The number of carbonyl (C=O) groups is 2. The van der Waals surface area contributed by atoms with E-state index in [0.29, 0.717) is 25.9 Å². The van der Waals surface area contributed by atoms with Gasteiger partial charge in [-0.15, -0.1) is 0 Å². The van der Waals surface area contributed by atoms with Crippen molar-refractivity contribution >= 4 is 12.0 Å². The van der Waals surface area contributed by atoms with Gasteiger partial charge in [-0.2, -0.15) is 0 Å². The van der Waals surface area contributed by atoms with Crippen LogP contribution in [0.1, 0.15) is 33.1 Å². The molecule has 6 heteroatoms. The number of carboxylic acid groups (broad SMARTS) is 1. The lowest BCUT2D eigenvalue weighted by atomic mass is 10.2. The summed E-state index contributed by atoms with van der Waals surface area (Å²) in [6.07, 6.45) is 1.21. The second-order valence-corrected chi connectivity index (χ2v) is 4.43. The van der Waals surface area contributed by atoms with Gasteiger partial charge in [-0.05, 0) is 26.2 Å². The van der Waals surface area contributed by atoms with Gasteiger partial charge in [0, 0.05) is 19.6 Å². The smallest absolute Gasteiger partial charge is 0.332 e. The number of urea groups is 1. The van der Waals surface area contributed by atoms with E-state index in [-0.39, 0.29) is 12.1 Å². The third kappa shape index (κ3) is 4.18. The Kier molecular flexibility index (Phi) is 5.91. The van der Waals surface area contributed by atoms with E-state index in [1.54, 1.807) is 4.90 Å². The van der Waals surface area contributed by atoms with Crippen LogP contribution in [0.25, 0.3) is 0 Å². The number of rotatable bonds is 6. The molecule has 1 saturated heterocycles. The van der Waals surface area contributed by atoms with Crippen molar-refractivity contribution in [3.8, 4) is 0 Å². The molecule has 1 fully saturated rings. The molecule has 1 aliphatic rings. The summed E-state index contributed by atoms with van der Waals surface area (Å²) in [7, 11) is 0. The number of nitrogens with zero attached hydrogens (tertiary/aromatic N) is 1. The first-order chi connectivity index (χ1) is 8.58. The van der Waals surface area contributed by atoms with Gasteiger partial charge in [-0.3, -0.25) is 0 Å². The number of nitrogens with one attached hydrogen (secondary N) is 1.